The first-order valence-corrected chi connectivity index (χ1v) is 9.57. The number of carbonyl (C=O) groups excluding carboxylic acids is 2. The predicted molar refractivity (Wildman–Crippen MR) is 89.1 cm³/mol. The number of methoxy groups -OCH3 is 2. The number of hydrogen-bond donors (Lipinski definition) is 0. The lowest BCUT2D eigenvalue weighted by Gasteiger charge is -2.76. The maximum absolute atomic E-state index is 12.6. The second-order valence-corrected chi connectivity index (χ2v) is 8.09. The number of carbonyl (C=O) groups is 2. The van der Waals surface area contributed by atoms with Crippen LogP contribution in [0.1, 0.15) is 64.2 Å². The van der Waals surface area contributed by atoms with Crippen molar-refractivity contribution < 1.29 is 19.1 Å². The molecule has 0 radical (unpaired) electrons. The van der Waals surface area contributed by atoms with Crippen molar-refractivity contribution in [2.45, 2.75) is 64.2 Å². The van der Waals surface area contributed by atoms with Crippen LogP contribution in [0.3, 0.4) is 0 Å². The maximum atomic E-state index is 12.6. The van der Waals surface area contributed by atoms with Gasteiger partial charge in [-0.25, -0.2) is 9.59 Å². The van der Waals surface area contributed by atoms with Crippen molar-refractivity contribution >= 4 is 11.9 Å². The molecule has 0 amide bonds. The van der Waals surface area contributed by atoms with E-state index in [2.05, 4.69) is 0 Å². The fourth-order valence-electron chi connectivity index (χ4n) is 7.08. The smallest absolute Gasteiger partial charge is 0.334 e. The van der Waals surface area contributed by atoms with Crippen molar-refractivity contribution in [2.24, 2.45) is 22.7 Å². The van der Waals surface area contributed by atoms with Gasteiger partial charge in [0.05, 0.1) is 25.4 Å². The van der Waals surface area contributed by atoms with Gasteiger partial charge in [0.1, 0.15) is 0 Å². The van der Waals surface area contributed by atoms with Crippen LogP contribution >= 0.6 is 0 Å². The summed E-state index contributed by atoms with van der Waals surface area (Å²) in [5, 5.41) is 0. The summed E-state index contributed by atoms with van der Waals surface area (Å²) in [6.07, 6.45) is 11.8. The van der Waals surface area contributed by atoms with Crippen LogP contribution in [-0.2, 0) is 19.1 Å². The van der Waals surface area contributed by atoms with Crippen LogP contribution in [0.5, 0.6) is 0 Å². The Morgan fingerprint density at radius 1 is 0.750 bits per heavy atom. The van der Waals surface area contributed by atoms with Crippen molar-refractivity contribution in [3.05, 3.63) is 11.1 Å². The Morgan fingerprint density at radius 2 is 1.17 bits per heavy atom. The van der Waals surface area contributed by atoms with Crippen LogP contribution in [0.25, 0.3) is 0 Å². The van der Waals surface area contributed by atoms with Gasteiger partial charge < -0.3 is 9.47 Å². The minimum Gasteiger partial charge on any atom is -0.466 e. The molecule has 0 N–H and O–H groups in total. The standard InChI is InChI=1S/C20H28O4/c1-23-17(21)15-16(18(22)24-2)20-12-8-4-7-11-19(15,20)13-9-5-3-6-10-14(13)20/h13-14H,3-12H2,1-2H3/t13?,14?,19-,20+. The highest BCUT2D eigenvalue weighted by atomic mass is 16.5. The van der Waals surface area contributed by atoms with E-state index in [4.69, 9.17) is 9.47 Å². The molecule has 4 rings (SSSR count). The molecule has 2 unspecified atom stereocenters. The van der Waals surface area contributed by atoms with Gasteiger partial charge in [0.2, 0.25) is 0 Å². The Kier molecular flexibility index (Phi) is 3.77. The molecule has 0 aromatic rings. The highest BCUT2D eigenvalue weighted by molar-refractivity contribution is 6.07. The lowest BCUT2D eigenvalue weighted by Crippen LogP contribution is -2.74. The molecular formula is C20H28O4. The van der Waals surface area contributed by atoms with Gasteiger partial charge in [0.25, 0.3) is 0 Å². The third-order valence-electron chi connectivity index (χ3n) is 7.64. The molecule has 4 atom stereocenters. The first kappa shape index (κ1) is 16.2. The SMILES string of the molecule is COC(=O)C1=C(C(=O)OC)[C@@]23CCCCC[C@@]12C1CCCCCC13. The van der Waals surface area contributed by atoms with Crippen molar-refractivity contribution in [1.29, 1.82) is 0 Å². The summed E-state index contributed by atoms with van der Waals surface area (Å²) < 4.78 is 10.2. The average molecular weight is 332 g/mol. The van der Waals surface area contributed by atoms with Gasteiger partial charge in [0, 0.05) is 10.8 Å². The third-order valence-corrected chi connectivity index (χ3v) is 7.64. The van der Waals surface area contributed by atoms with E-state index >= 15 is 0 Å². The van der Waals surface area contributed by atoms with Crippen LogP contribution < -0.4 is 0 Å². The van der Waals surface area contributed by atoms with Gasteiger partial charge in [-0.1, -0.05) is 38.5 Å². The number of fused-ring (bicyclic) bond motifs is 1. The number of rotatable bonds is 2. The average Bonchev–Trinajstić information content (AvgIpc) is 2.87. The van der Waals surface area contributed by atoms with Gasteiger partial charge in [-0.15, -0.1) is 0 Å². The highest BCUT2D eigenvalue weighted by Gasteiger charge is 2.81. The molecule has 0 aromatic heterocycles. The number of esters is 2. The normalized spacial score (nSPS) is 40.6. The molecular weight excluding hydrogens is 304 g/mol. The van der Waals surface area contributed by atoms with Crippen LogP contribution in [0, 0.1) is 22.7 Å². The van der Waals surface area contributed by atoms with Crippen LogP contribution in [0.2, 0.25) is 0 Å². The molecule has 132 valence electrons. The van der Waals surface area contributed by atoms with E-state index in [9.17, 15) is 9.59 Å². The summed E-state index contributed by atoms with van der Waals surface area (Å²) in [7, 11) is 2.86. The van der Waals surface area contributed by atoms with Crippen LogP contribution in [0.15, 0.2) is 11.1 Å². The van der Waals surface area contributed by atoms with Gasteiger partial charge in [-0.3, -0.25) is 0 Å². The Labute approximate surface area is 144 Å². The Balaban J connectivity index is 1.90. The van der Waals surface area contributed by atoms with Crippen LogP contribution in [0.4, 0.5) is 0 Å². The topological polar surface area (TPSA) is 52.6 Å². The lowest BCUT2D eigenvalue weighted by molar-refractivity contribution is -0.213. The summed E-state index contributed by atoms with van der Waals surface area (Å²) in [5.74, 6) is 0.521. The zero-order valence-electron chi connectivity index (χ0n) is 14.9. The van der Waals surface area contributed by atoms with Crippen molar-refractivity contribution in [3.8, 4) is 0 Å². The van der Waals surface area contributed by atoms with Gasteiger partial charge in [0.15, 0.2) is 0 Å². The minimum atomic E-state index is -0.296. The zero-order valence-corrected chi connectivity index (χ0v) is 14.9. The monoisotopic (exact) mass is 332 g/mol. The van der Waals surface area contributed by atoms with Gasteiger partial charge in [-0.2, -0.15) is 0 Å². The first-order valence-electron chi connectivity index (χ1n) is 9.57. The molecule has 0 spiro atoms. The van der Waals surface area contributed by atoms with E-state index in [0.717, 1.165) is 25.7 Å². The largest absolute Gasteiger partial charge is 0.466 e. The molecule has 4 nitrogen and oxygen atoms in total. The van der Waals surface area contributed by atoms with E-state index in [1.165, 1.54) is 52.7 Å². The third kappa shape index (κ3) is 1.65. The van der Waals surface area contributed by atoms with E-state index in [0.29, 0.717) is 23.0 Å². The molecule has 0 bridgehead atoms. The Morgan fingerprint density at radius 3 is 1.58 bits per heavy atom. The fraction of sp³-hybridized carbons (Fsp3) is 0.800. The van der Waals surface area contributed by atoms with E-state index in [1.54, 1.807) is 0 Å². The number of ether oxygens (including phenoxy) is 2. The summed E-state index contributed by atoms with van der Waals surface area (Å²) >= 11 is 0. The lowest BCUT2D eigenvalue weighted by atomic mass is 9.25. The van der Waals surface area contributed by atoms with Crippen LogP contribution in [-0.4, -0.2) is 26.2 Å². The van der Waals surface area contributed by atoms with Crippen molar-refractivity contribution in [1.82, 2.24) is 0 Å². The summed E-state index contributed by atoms with van der Waals surface area (Å²) in [6.45, 7) is 0. The zero-order chi connectivity index (χ0) is 16.9. The highest BCUT2D eigenvalue weighted by Crippen LogP contribution is 2.84. The second kappa shape index (κ2) is 5.60. The minimum absolute atomic E-state index is 0.102. The number of hydrogen-bond acceptors (Lipinski definition) is 4. The molecule has 3 fully saturated rings. The molecule has 0 heterocycles. The Bertz CT molecular complexity index is 557. The molecule has 0 aliphatic heterocycles. The summed E-state index contributed by atoms with van der Waals surface area (Å²) in [6, 6.07) is 0. The van der Waals surface area contributed by atoms with Gasteiger partial charge in [-0.05, 0) is 37.5 Å². The maximum Gasteiger partial charge on any atom is 0.334 e. The first-order chi connectivity index (χ1) is 11.6. The van der Waals surface area contributed by atoms with E-state index in [1.807, 2.05) is 0 Å². The molecule has 4 heteroatoms. The van der Waals surface area contributed by atoms with Crippen molar-refractivity contribution in [2.75, 3.05) is 14.2 Å². The fourth-order valence-corrected chi connectivity index (χ4v) is 7.08. The second-order valence-electron chi connectivity index (χ2n) is 8.09. The van der Waals surface area contributed by atoms with E-state index < -0.39 is 0 Å². The van der Waals surface area contributed by atoms with Gasteiger partial charge >= 0.3 is 11.9 Å². The summed E-state index contributed by atoms with van der Waals surface area (Å²) in [4.78, 5) is 25.3. The molecule has 24 heavy (non-hydrogen) atoms. The molecule has 4 aliphatic rings. The molecule has 3 saturated carbocycles. The van der Waals surface area contributed by atoms with E-state index in [-0.39, 0.29) is 22.8 Å². The molecule has 4 aliphatic carbocycles. The molecule has 0 saturated heterocycles. The summed E-state index contributed by atoms with van der Waals surface area (Å²) in [5.41, 5.74) is 1.16. The predicted octanol–water partition coefficient (Wildman–Crippen LogP) is 3.79. The Hall–Kier alpha value is -1.32. The molecule has 0 aromatic carbocycles. The quantitative estimate of drug-likeness (QED) is 0.722. The van der Waals surface area contributed by atoms with Crippen molar-refractivity contribution in [3.63, 3.8) is 0 Å².